The Morgan fingerprint density at radius 2 is 2.20 bits per heavy atom. The van der Waals surface area contributed by atoms with Gasteiger partial charge in [0.1, 0.15) is 5.69 Å². The van der Waals surface area contributed by atoms with E-state index in [4.69, 9.17) is 23.8 Å². The van der Waals surface area contributed by atoms with E-state index >= 15 is 0 Å². The first kappa shape index (κ1) is 13.5. The van der Waals surface area contributed by atoms with E-state index in [0.717, 1.165) is 28.8 Å². The maximum absolute atomic E-state index is 5.94. The van der Waals surface area contributed by atoms with Crippen molar-refractivity contribution in [2.24, 2.45) is 0 Å². The van der Waals surface area contributed by atoms with E-state index < -0.39 is 0 Å². The number of H-pyrrole nitrogens is 1. The molecule has 0 aromatic carbocycles. The molecule has 0 aliphatic heterocycles. The Morgan fingerprint density at radius 1 is 1.30 bits per heavy atom. The summed E-state index contributed by atoms with van der Waals surface area (Å²) in [5.41, 5.74) is 0.809. The van der Waals surface area contributed by atoms with Crippen LogP contribution < -0.4 is 0 Å². The van der Waals surface area contributed by atoms with Gasteiger partial charge in [0.2, 0.25) is 0 Å². The summed E-state index contributed by atoms with van der Waals surface area (Å²) in [4.78, 5) is 5.54. The van der Waals surface area contributed by atoms with Gasteiger partial charge in [0, 0.05) is 17.6 Å². The average Bonchev–Trinajstić information content (AvgIpc) is 3.04. The van der Waals surface area contributed by atoms with Gasteiger partial charge < -0.3 is 0 Å². The summed E-state index contributed by atoms with van der Waals surface area (Å²) in [5.74, 6) is 0.762. The van der Waals surface area contributed by atoms with Crippen molar-refractivity contribution in [3.63, 3.8) is 0 Å². The maximum Gasteiger partial charge on any atom is 0.195 e. The van der Waals surface area contributed by atoms with Gasteiger partial charge in [0.05, 0.1) is 4.34 Å². The van der Waals surface area contributed by atoms with Crippen LogP contribution in [-0.2, 0) is 13.0 Å². The SMILES string of the molecule is S=c1[nH]nc(-c2ccccn2)n1CCc1ccc(Cl)s1. The van der Waals surface area contributed by atoms with Crippen LogP contribution >= 0.6 is 35.2 Å². The number of hydrogen-bond acceptors (Lipinski definition) is 4. The summed E-state index contributed by atoms with van der Waals surface area (Å²) in [5, 5.41) is 7.09. The fourth-order valence-corrected chi connectivity index (χ4v) is 3.22. The van der Waals surface area contributed by atoms with Crippen LogP contribution in [0.5, 0.6) is 0 Å². The largest absolute Gasteiger partial charge is 0.298 e. The first-order chi connectivity index (χ1) is 9.74. The number of pyridine rings is 1. The lowest BCUT2D eigenvalue weighted by Crippen LogP contribution is -2.03. The maximum atomic E-state index is 5.94. The molecule has 3 heterocycles. The number of thiophene rings is 1. The predicted octanol–water partition coefficient (Wildman–Crippen LogP) is 3.96. The summed E-state index contributed by atoms with van der Waals surface area (Å²) in [6.07, 6.45) is 2.61. The monoisotopic (exact) mass is 322 g/mol. The summed E-state index contributed by atoms with van der Waals surface area (Å²) in [6, 6.07) is 9.68. The van der Waals surface area contributed by atoms with E-state index in [1.54, 1.807) is 17.5 Å². The summed E-state index contributed by atoms with van der Waals surface area (Å²) >= 11 is 12.8. The summed E-state index contributed by atoms with van der Waals surface area (Å²) in [6.45, 7) is 0.748. The lowest BCUT2D eigenvalue weighted by molar-refractivity contribution is 0.696. The van der Waals surface area contributed by atoms with Gasteiger partial charge in [-0.05, 0) is 42.9 Å². The lowest BCUT2D eigenvalue weighted by Gasteiger charge is -2.05. The van der Waals surface area contributed by atoms with E-state index in [1.165, 1.54) is 4.88 Å². The highest BCUT2D eigenvalue weighted by atomic mass is 35.5. The Kier molecular flexibility index (Phi) is 3.95. The first-order valence-corrected chi connectivity index (χ1v) is 7.65. The minimum atomic E-state index is 0.605. The standard InChI is InChI=1S/C13H11ClN4S2/c14-11-5-4-9(20-11)6-8-18-12(16-17-13(18)19)10-3-1-2-7-15-10/h1-5,7H,6,8H2,(H,17,19). The van der Waals surface area contributed by atoms with Gasteiger partial charge in [0.25, 0.3) is 0 Å². The van der Waals surface area contributed by atoms with E-state index in [0.29, 0.717) is 4.77 Å². The summed E-state index contributed by atoms with van der Waals surface area (Å²) in [7, 11) is 0. The van der Waals surface area contributed by atoms with Crippen LogP contribution in [0.25, 0.3) is 11.5 Å². The topological polar surface area (TPSA) is 46.5 Å². The molecule has 0 amide bonds. The van der Waals surface area contributed by atoms with E-state index in [1.807, 2.05) is 34.9 Å². The molecule has 0 spiro atoms. The molecule has 7 heteroatoms. The third-order valence-corrected chi connectivity index (χ3v) is 4.47. The van der Waals surface area contributed by atoms with Crippen molar-refractivity contribution in [1.29, 1.82) is 0 Å². The number of aryl methyl sites for hydroxylation is 1. The van der Waals surface area contributed by atoms with Crippen molar-refractivity contribution in [2.75, 3.05) is 0 Å². The molecule has 20 heavy (non-hydrogen) atoms. The van der Waals surface area contributed by atoms with Gasteiger partial charge in [-0.2, -0.15) is 5.10 Å². The van der Waals surface area contributed by atoms with Crippen molar-refractivity contribution >= 4 is 35.2 Å². The molecule has 0 saturated heterocycles. The highest BCUT2D eigenvalue weighted by Gasteiger charge is 2.10. The number of aromatic amines is 1. The van der Waals surface area contributed by atoms with Crippen LogP contribution in [-0.4, -0.2) is 19.7 Å². The van der Waals surface area contributed by atoms with Gasteiger partial charge in [-0.3, -0.25) is 14.6 Å². The van der Waals surface area contributed by atoms with Crippen LogP contribution in [0, 0.1) is 4.77 Å². The van der Waals surface area contributed by atoms with Crippen molar-refractivity contribution in [2.45, 2.75) is 13.0 Å². The van der Waals surface area contributed by atoms with E-state index in [-0.39, 0.29) is 0 Å². The molecular weight excluding hydrogens is 312 g/mol. The molecule has 0 fully saturated rings. The predicted molar refractivity (Wildman–Crippen MR) is 83.7 cm³/mol. The Labute approximate surface area is 130 Å². The smallest absolute Gasteiger partial charge is 0.195 e. The zero-order valence-electron chi connectivity index (χ0n) is 10.4. The van der Waals surface area contributed by atoms with Crippen LogP contribution in [0.1, 0.15) is 4.88 Å². The first-order valence-electron chi connectivity index (χ1n) is 6.05. The van der Waals surface area contributed by atoms with Crippen LogP contribution in [0.3, 0.4) is 0 Å². The Morgan fingerprint density at radius 3 is 2.90 bits per heavy atom. The third-order valence-electron chi connectivity index (χ3n) is 2.86. The molecule has 3 aromatic rings. The van der Waals surface area contributed by atoms with E-state index in [9.17, 15) is 0 Å². The number of nitrogens with one attached hydrogen (secondary N) is 1. The number of aromatic nitrogens is 4. The highest BCUT2D eigenvalue weighted by Crippen LogP contribution is 2.23. The molecule has 0 atom stereocenters. The molecule has 0 unspecified atom stereocenters. The molecule has 0 aliphatic carbocycles. The fraction of sp³-hybridized carbons (Fsp3) is 0.154. The molecular formula is C13H11ClN4S2. The normalized spacial score (nSPS) is 10.8. The fourth-order valence-electron chi connectivity index (χ4n) is 1.92. The molecule has 0 aliphatic rings. The van der Waals surface area contributed by atoms with Crippen molar-refractivity contribution in [1.82, 2.24) is 19.7 Å². The molecule has 1 N–H and O–H groups in total. The molecule has 3 rings (SSSR count). The second-order valence-electron chi connectivity index (χ2n) is 4.17. The van der Waals surface area contributed by atoms with Gasteiger partial charge >= 0.3 is 0 Å². The van der Waals surface area contributed by atoms with Crippen LogP contribution in [0.4, 0.5) is 0 Å². The summed E-state index contributed by atoms with van der Waals surface area (Å²) < 4.78 is 3.37. The quantitative estimate of drug-likeness (QED) is 0.739. The Balaban J connectivity index is 1.86. The minimum Gasteiger partial charge on any atom is -0.298 e. The molecule has 4 nitrogen and oxygen atoms in total. The molecule has 3 aromatic heterocycles. The van der Waals surface area contributed by atoms with E-state index in [2.05, 4.69) is 15.2 Å². The van der Waals surface area contributed by atoms with Crippen LogP contribution in [0.15, 0.2) is 36.5 Å². The molecule has 0 radical (unpaired) electrons. The van der Waals surface area contributed by atoms with Gasteiger partial charge in [-0.25, -0.2) is 0 Å². The second kappa shape index (κ2) is 5.87. The zero-order chi connectivity index (χ0) is 13.9. The highest BCUT2D eigenvalue weighted by molar-refractivity contribution is 7.71. The lowest BCUT2D eigenvalue weighted by atomic mass is 10.3. The van der Waals surface area contributed by atoms with Crippen molar-refractivity contribution < 1.29 is 0 Å². The van der Waals surface area contributed by atoms with Crippen molar-refractivity contribution in [3.8, 4) is 11.5 Å². The Hall–Kier alpha value is -1.50. The molecule has 102 valence electrons. The van der Waals surface area contributed by atoms with Gasteiger partial charge in [-0.15, -0.1) is 11.3 Å². The number of hydrogen-bond donors (Lipinski definition) is 1. The molecule has 0 bridgehead atoms. The average molecular weight is 323 g/mol. The van der Waals surface area contributed by atoms with Crippen LogP contribution in [0.2, 0.25) is 4.34 Å². The van der Waals surface area contributed by atoms with Gasteiger partial charge in [0.15, 0.2) is 10.6 Å². The van der Waals surface area contributed by atoms with Gasteiger partial charge in [-0.1, -0.05) is 17.7 Å². The Bertz CT molecular complexity index is 760. The zero-order valence-corrected chi connectivity index (χ0v) is 12.8. The molecule has 0 saturated carbocycles. The second-order valence-corrected chi connectivity index (χ2v) is 6.36. The number of nitrogens with zero attached hydrogens (tertiary/aromatic N) is 3. The van der Waals surface area contributed by atoms with Crippen molar-refractivity contribution in [3.05, 3.63) is 50.5 Å². The number of rotatable bonds is 4. The number of halogens is 1. The minimum absolute atomic E-state index is 0.605. The third kappa shape index (κ3) is 2.82.